The number of hydrogen-bond acceptors (Lipinski definition) is 3. The highest BCUT2D eigenvalue weighted by Crippen LogP contribution is 2.18. The van der Waals surface area contributed by atoms with E-state index < -0.39 is 6.04 Å². The third kappa shape index (κ3) is 7.26. The lowest BCUT2D eigenvalue weighted by Crippen LogP contribution is -2.50. The van der Waals surface area contributed by atoms with Gasteiger partial charge in [0.2, 0.25) is 5.91 Å². The summed E-state index contributed by atoms with van der Waals surface area (Å²) in [5.74, 6) is -0.0282. The molecule has 156 valence electrons. The number of benzene rings is 2. The van der Waals surface area contributed by atoms with Crippen molar-refractivity contribution in [3.05, 3.63) is 64.1 Å². The molecule has 2 aromatic rings. The minimum atomic E-state index is -0.668. The van der Waals surface area contributed by atoms with Crippen molar-refractivity contribution in [1.82, 2.24) is 10.2 Å². The van der Waals surface area contributed by atoms with Crippen LogP contribution in [0.15, 0.2) is 48.5 Å². The molecule has 0 saturated heterocycles. The maximum absolute atomic E-state index is 12.9. The molecule has 0 saturated carbocycles. The predicted octanol–water partition coefficient (Wildman–Crippen LogP) is 4.70. The van der Waals surface area contributed by atoms with Crippen molar-refractivity contribution in [2.75, 3.05) is 6.61 Å². The van der Waals surface area contributed by atoms with Crippen LogP contribution >= 0.6 is 23.2 Å². The number of rotatable bonds is 9. The molecule has 7 heteroatoms. The molecule has 2 rings (SSSR count). The molecule has 0 aliphatic heterocycles. The van der Waals surface area contributed by atoms with Crippen LogP contribution in [0.25, 0.3) is 0 Å². The van der Waals surface area contributed by atoms with Gasteiger partial charge in [-0.2, -0.15) is 0 Å². The average Bonchev–Trinajstić information content (AvgIpc) is 2.69. The highest BCUT2D eigenvalue weighted by Gasteiger charge is 2.27. The highest BCUT2D eigenvalue weighted by atomic mass is 35.5. The first-order valence-corrected chi connectivity index (χ1v) is 10.3. The van der Waals surface area contributed by atoms with Gasteiger partial charge in [-0.15, -0.1) is 0 Å². The van der Waals surface area contributed by atoms with Crippen molar-refractivity contribution in [2.45, 2.75) is 45.8 Å². The number of carbonyl (C=O) groups is 2. The first-order valence-electron chi connectivity index (χ1n) is 9.52. The Morgan fingerprint density at radius 3 is 2.34 bits per heavy atom. The summed E-state index contributed by atoms with van der Waals surface area (Å²) in [5.41, 5.74) is 0.830. The summed E-state index contributed by atoms with van der Waals surface area (Å²) in [4.78, 5) is 27.1. The molecule has 0 fully saturated rings. The SMILES string of the molecule is CC[C@H](C)NC(=O)[C@@H](C)N(Cc1cccc(Cl)c1)C(=O)COc1cccc(Cl)c1. The van der Waals surface area contributed by atoms with E-state index in [0.717, 1.165) is 12.0 Å². The van der Waals surface area contributed by atoms with Gasteiger partial charge in [0.25, 0.3) is 5.91 Å². The van der Waals surface area contributed by atoms with Crippen molar-refractivity contribution in [3.8, 4) is 5.75 Å². The van der Waals surface area contributed by atoms with Gasteiger partial charge < -0.3 is 15.0 Å². The summed E-state index contributed by atoms with van der Waals surface area (Å²) in [5, 5.41) is 4.02. The fraction of sp³-hybridized carbons (Fsp3) is 0.364. The first-order chi connectivity index (χ1) is 13.8. The molecule has 2 atom stereocenters. The number of carbonyl (C=O) groups excluding carboxylic acids is 2. The minimum Gasteiger partial charge on any atom is -0.484 e. The van der Waals surface area contributed by atoms with Gasteiger partial charge in [-0.1, -0.05) is 48.3 Å². The number of nitrogens with zero attached hydrogens (tertiary/aromatic N) is 1. The summed E-state index contributed by atoms with van der Waals surface area (Å²) < 4.78 is 5.59. The zero-order valence-electron chi connectivity index (χ0n) is 16.8. The van der Waals surface area contributed by atoms with Crippen LogP contribution in [-0.2, 0) is 16.1 Å². The average molecular weight is 437 g/mol. The van der Waals surface area contributed by atoms with Crippen molar-refractivity contribution in [1.29, 1.82) is 0 Å². The summed E-state index contributed by atoms with van der Waals surface area (Å²) in [7, 11) is 0. The Kier molecular flexibility index (Phi) is 8.80. The molecule has 0 aliphatic carbocycles. The van der Waals surface area contributed by atoms with E-state index >= 15 is 0 Å². The molecule has 0 spiro atoms. The van der Waals surface area contributed by atoms with Gasteiger partial charge in [0, 0.05) is 22.6 Å². The van der Waals surface area contributed by atoms with Crippen LogP contribution < -0.4 is 10.1 Å². The number of hydrogen-bond donors (Lipinski definition) is 1. The maximum Gasteiger partial charge on any atom is 0.261 e. The maximum atomic E-state index is 12.9. The minimum absolute atomic E-state index is 0.0239. The molecule has 0 bridgehead atoms. The zero-order valence-corrected chi connectivity index (χ0v) is 18.3. The summed E-state index contributed by atoms with van der Waals surface area (Å²) in [6.45, 7) is 5.66. The number of halogens is 2. The third-order valence-electron chi connectivity index (χ3n) is 4.57. The lowest BCUT2D eigenvalue weighted by molar-refractivity contribution is -0.142. The Morgan fingerprint density at radius 2 is 1.72 bits per heavy atom. The van der Waals surface area contributed by atoms with Gasteiger partial charge in [-0.3, -0.25) is 9.59 Å². The smallest absolute Gasteiger partial charge is 0.261 e. The number of amides is 2. The Hall–Kier alpha value is -2.24. The summed E-state index contributed by atoms with van der Waals surface area (Å²) in [6, 6.07) is 13.4. The lowest BCUT2D eigenvalue weighted by Gasteiger charge is -2.29. The zero-order chi connectivity index (χ0) is 21.4. The quantitative estimate of drug-likeness (QED) is 0.619. The molecular formula is C22H26Cl2N2O3. The second-order valence-corrected chi connectivity index (χ2v) is 7.76. The second-order valence-electron chi connectivity index (χ2n) is 6.89. The Labute approximate surface area is 181 Å². The normalized spacial score (nSPS) is 12.7. The van der Waals surface area contributed by atoms with Gasteiger partial charge in [-0.05, 0) is 56.2 Å². The summed E-state index contributed by atoms with van der Waals surface area (Å²) >= 11 is 12.0. The van der Waals surface area contributed by atoms with Gasteiger partial charge in [0.15, 0.2) is 6.61 Å². The molecular weight excluding hydrogens is 411 g/mol. The largest absolute Gasteiger partial charge is 0.484 e. The Bertz CT molecular complexity index is 844. The molecule has 0 unspecified atom stereocenters. The van der Waals surface area contributed by atoms with E-state index in [1.54, 1.807) is 43.3 Å². The standard InChI is InChI=1S/C22H26Cl2N2O3/c1-4-15(2)25-22(28)16(3)26(13-17-7-5-8-18(23)11-17)21(27)14-29-20-10-6-9-19(24)12-20/h5-12,15-16H,4,13-14H2,1-3H3,(H,25,28)/t15-,16+/m0/s1. The highest BCUT2D eigenvalue weighted by molar-refractivity contribution is 6.30. The summed E-state index contributed by atoms with van der Waals surface area (Å²) in [6.07, 6.45) is 0.804. The van der Waals surface area contributed by atoms with E-state index in [2.05, 4.69) is 5.32 Å². The second kappa shape index (κ2) is 11.1. The first kappa shape index (κ1) is 23.0. The lowest BCUT2D eigenvalue weighted by atomic mass is 10.1. The predicted molar refractivity (Wildman–Crippen MR) is 116 cm³/mol. The van der Waals surface area contributed by atoms with Crippen molar-refractivity contribution in [2.24, 2.45) is 0 Å². The van der Waals surface area contributed by atoms with E-state index in [4.69, 9.17) is 27.9 Å². The van der Waals surface area contributed by atoms with Gasteiger partial charge >= 0.3 is 0 Å². The van der Waals surface area contributed by atoms with Crippen LogP contribution in [0.1, 0.15) is 32.8 Å². The van der Waals surface area contributed by atoms with Crippen LogP contribution in [0.4, 0.5) is 0 Å². The van der Waals surface area contributed by atoms with Crippen molar-refractivity contribution < 1.29 is 14.3 Å². The van der Waals surface area contributed by atoms with Gasteiger partial charge in [0.1, 0.15) is 11.8 Å². The fourth-order valence-corrected chi connectivity index (χ4v) is 3.06. The Balaban J connectivity index is 2.15. The molecule has 2 aromatic carbocycles. The molecule has 0 aromatic heterocycles. The monoisotopic (exact) mass is 436 g/mol. The Morgan fingerprint density at radius 1 is 1.07 bits per heavy atom. The van der Waals surface area contributed by atoms with Gasteiger partial charge in [0.05, 0.1) is 0 Å². The van der Waals surface area contributed by atoms with E-state index in [9.17, 15) is 9.59 Å². The van der Waals surface area contributed by atoms with Crippen LogP contribution in [0.3, 0.4) is 0 Å². The molecule has 1 N–H and O–H groups in total. The van der Waals surface area contributed by atoms with E-state index in [1.807, 2.05) is 26.0 Å². The molecule has 2 amide bonds. The van der Waals surface area contributed by atoms with Gasteiger partial charge in [-0.25, -0.2) is 0 Å². The van der Waals surface area contributed by atoms with E-state index in [-0.39, 0.29) is 31.0 Å². The van der Waals surface area contributed by atoms with Crippen LogP contribution in [0, 0.1) is 0 Å². The molecule has 0 radical (unpaired) electrons. The fourth-order valence-electron chi connectivity index (χ4n) is 2.66. The molecule has 0 aliphatic rings. The van der Waals surface area contributed by atoms with Crippen molar-refractivity contribution in [3.63, 3.8) is 0 Å². The molecule has 29 heavy (non-hydrogen) atoms. The number of ether oxygens (including phenoxy) is 1. The van der Waals surface area contributed by atoms with Crippen molar-refractivity contribution >= 4 is 35.0 Å². The number of nitrogens with one attached hydrogen (secondary N) is 1. The van der Waals surface area contributed by atoms with E-state index in [0.29, 0.717) is 15.8 Å². The van der Waals surface area contributed by atoms with E-state index in [1.165, 1.54) is 4.90 Å². The van der Waals surface area contributed by atoms with Crippen LogP contribution in [-0.4, -0.2) is 35.4 Å². The van der Waals surface area contributed by atoms with Crippen LogP contribution in [0.5, 0.6) is 5.75 Å². The third-order valence-corrected chi connectivity index (χ3v) is 5.04. The molecule has 5 nitrogen and oxygen atoms in total. The topological polar surface area (TPSA) is 58.6 Å². The van der Waals surface area contributed by atoms with Crippen LogP contribution in [0.2, 0.25) is 10.0 Å². The molecule has 0 heterocycles.